The highest BCUT2D eigenvalue weighted by molar-refractivity contribution is 5.37. The van der Waals surface area contributed by atoms with Crippen molar-refractivity contribution < 1.29 is 9.84 Å². The van der Waals surface area contributed by atoms with Gasteiger partial charge in [-0.1, -0.05) is 48.5 Å². The molecule has 3 rings (SSSR count). The van der Waals surface area contributed by atoms with E-state index in [4.69, 9.17) is 4.74 Å². The predicted octanol–water partition coefficient (Wildman–Crippen LogP) is 2.98. The summed E-state index contributed by atoms with van der Waals surface area (Å²) in [6.45, 7) is 0. The Morgan fingerprint density at radius 3 is 2.58 bits per heavy atom. The summed E-state index contributed by atoms with van der Waals surface area (Å²) in [6, 6.07) is 18.3. The van der Waals surface area contributed by atoms with Crippen LogP contribution in [0.3, 0.4) is 0 Å². The van der Waals surface area contributed by atoms with Gasteiger partial charge in [0.25, 0.3) is 0 Å². The summed E-state index contributed by atoms with van der Waals surface area (Å²) >= 11 is 0. The van der Waals surface area contributed by atoms with Crippen molar-refractivity contribution >= 4 is 0 Å². The van der Waals surface area contributed by atoms with Crippen molar-refractivity contribution in [3.63, 3.8) is 0 Å². The number of rotatable bonds is 4. The lowest BCUT2D eigenvalue weighted by atomic mass is 10.0. The molecule has 2 aromatic carbocycles. The quantitative estimate of drug-likeness (QED) is 0.909. The fraction of sp³-hybridized carbons (Fsp3) is 0.294. The third-order valence-corrected chi connectivity index (χ3v) is 3.67. The SMILES string of the molecule is OC(CCc1ccccc1)C1Cc2ccccc2O1. The Hall–Kier alpha value is -1.80. The van der Waals surface area contributed by atoms with E-state index in [0.29, 0.717) is 0 Å². The zero-order valence-electron chi connectivity index (χ0n) is 10.8. The number of para-hydroxylation sites is 1. The van der Waals surface area contributed by atoms with Gasteiger partial charge in [-0.3, -0.25) is 0 Å². The van der Waals surface area contributed by atoms with Crippen molar-refractivity contribution in [3.8, 4) is 5.75 Å². The standard InChI is InChI=1S/C17H18O2/c18-15(11-10-13-6-2-1-3-7-13)17-12-14-8-4-5-9-16(14)19-17/h1-9,15,17-18H,10-12H2. The van der Waals surface area contributed by atoms with Crippen LogP contribution in [0.5, 0.6) is 5.75 Å². The summed E-state index contributed by atoms with van der Waals surface area (Å²) in [5.74, 6) is 0.922. The first-order valence-corrected chi connectivity index (χ1v) is 6.79. The minimum atomic E-state index is -0.410. The van der Waals surface area contributed by atoms with Crippen LogP contribution >= 0.6 is 0 Å². The van der Waals surface area contributed by atoms with Crippen LogP contribution in [0.15, 0.2) is 54.6 Å². The van der Waals surface area contributed by atoms with Gasteiger partial charge in [0.15, 0.2) is 0 Å². The Morgan fingerprint density at radius 1 is 1.05 bits per heavy atom. The fourth-order valence-electron chi connectivity index (χ4n) is 2.57. The Kier molecular flexibility index (Phi) is 3.51. The normalized spacial score (nSPS) is 18.7. The molecule has 2 nitrogen and oxygen atoms in total. The van der Waals surface area contributed by atoms with Crippen LogP contribution in [0.4, 0.5) is 0 Å². The molecule has 0 spiro atoms. The predicted molar refractivity (Wildman–Crippen MR) is 75.3 cm³/mol. The monoisotopic (exact) mass is 254 g/mol. The molecule has 0 amide bonds. The fourth-order valence-corrected chi connectivity index (χ4v) is 2.57. The lowest BCUT2D eigenvalue weighted by Gasteiger charge is -2.18. The van der Waals surface area contributed by atoms with Gasteiger partial charge in [-0.2, -0.15) is 0 Å². The molecule has 1 aliphatic heterocycles. The molecule has 1 heterocycles. The van der Waals surface area contributed by atoms with Crippen LogP contribution in [0.25, 0.3) is 0 Å². The summed E-state index contributed by atoms with van der Waals surface area (Å²) in [5.41, 5.74) is 2.46. The summed E-state index contributed by atoms with van der Waals surface area (Å²) < 4.78 is 5.81. The number of benzene rings is 2. The molecule has 1 aliphatic rings. The van der Waals surface area contributed by atoms with E-state index in [0.717, 1.165) is 25.0 Å². The molecule has 0 bridgehead atoms. The molecule has 1 N–H and O–H groups in total. The van der Waals surface area contributed by atoms with Gasteiger partial charge < -0.3 is 9.84 Å². The number of aliphatic hydroxyl groups is 1. The minimum Gasteiger partial charge on any atom is -0.487 e. The lowest BCUT2D eigenvalue weighted by Crippen LogP contribution is -2.30. The summed E-state index contributed by atoms with van der Waals surface area (Å²) in [7, 11) is 0. The second-order valence-electron chi connectivity index (χ2n) is 5.06. The van der Waals surface area contributed by atoms with E-state index in [1.165, 1.54) is 11.1 Å². The van der Waals surface area contributed by atoms with Crippen molar-refractivity contribution in [2.45, 2.75) is 31.5 Å². The van der Waals surface area contributed by atoms with E-state index in [2.05, 4.69) is 18.2 Å². The number of aryl methyl sites for hydroxylation is 1. The highest BCUT2D eigenvalue weighted by Gasteiger charge is 2.28. The topological polar surface area (TPSA) is 29.5 Å². The minimum absolute atomic E-state index is 0.0962. The molecule has 2 heteroatoms. The lowest BCUT2D eigenvalue weighted by molar-refractivity contribution is 0.0443. The van der Waals surface area contributed by atoms with Crippen LogP contribution < -0.4 is 4.74 Å². The van der Waals surface area contributed by atoms with Crippen molar-refractivity contribution in [3.05, 3.63) is 65.7 Å². The Morgan fingerprint density at radius 2 is 1.79 bits per heavy atom. The molecule has 0 saturated heterocycles. The Balaban J connectivity index is 1.57. The van der Waals surface area contributed by atoms with Crippen LogP contribution in [-0.2, 0) is 12.8 Å². The Labute approximate surface area is 113 Å². The average Bonchev–Trinajstić information content (AvgIpc) is 2.90. The van der Waals surface area contributed by atoms with Crippen LogP contribution in [0.2, 0.25) is 0 Å². The van der Waals surface area contributed by atoms with Crippen molar-refractivity contribution in [2.24, 2.45) is 0 Å². The van der Waals surface area contributed by atoms with Gasteiger partial charge in [0.1, 0.15) is 11.9 Å². The highest BCUT2D eigenvalue weighted by atomic mass is 16.5. The molecule has 19 heavy (non-hydrogen) atoms. The van der Waals surface area contributed by atoms with Gasteiger partial charge in [-0.15, -0.1) is 0 Å². The summed E-state index contributed by atoms with van der Waals surface area (Å²) in [6.07, 6.45) is 1.93. The summed E-state index contributed by atoms with van der Waals surface area (Å²) in [4.78, 5) is 0. The smallest absolute Gasteiger partial charge is 0.129 e. The van der Waals surface area contributed by atoms with E-state index >= 15 is 0 Å². The molecule has 2 aromatic rings. The van der Waals surface area contributed by atoms with E-state index in [1.54, 1.807) is 0 Å². The molecule has 0 fully saturated rings. The van der Waals surface area contributed by atoms with Gasteiger partial charge in [0.05, 0.1) is 6.10 Å². The maximum atomic E-state index is 10.3. The van der Waals surface area contributed by atoms with E-state index in [-0.39, 0.29) is 6.10 Å². The zero-order valence-corrected chi connectivity index (χ0v) is 10.8. The summed E-state index contributed by atoms with van der Waals surface area (Å²) in [5, 5.41) is 10.3. The third-order valence-electron chi connectivity index (χ3n) is 3.67. The van der Waals surface area contributed by atoms with Gasteiger partial charge >= 0.3 is 0 Å². The first kappa shape index (κ1) is 12.2. The molecular weight excluding hydrogens is 236 g/mol. The number of ether oxygens (including phenoxy) is 1. The Bertz CT molecular complexity index is 511. The molecule has 0 aromatic heterocycles. The molecule has 0 saturated carbocycles. The highest BCUT2D eigenvalue weighted by Crippen LogP contribution is 2.30. The number of fused-ring (bicyclic) bond motifs is 1. The van der Waals surface area contributed by atoms with Crippen molar-refractivity contribution in [2.75, 3.05) is 0 Å². The molecule has 0 aliphatic carbocycles. The van der Waals surface area contributed by atoms with E-state index < -0.39 is 6.10 Å². The van der Waals surface area contributed by atoms with Crippen molar-refractivity contribution in [1.29, 1.82) is 0 Å². The molecule has 98 valence electrons. The van der Waals surface area contributed by atoms with Gasteiger partial charge in [-0.05, 0) is 30.0 Å². The first-order valence-electron chi connectivity index (χ1n) is 6.79. The van der Waals surface area contributed by atoms with Crippen molar-refractivity contribution in [1.82, 2.24) is 0 Å². The van der Waals surface area contributed by atoms with Gasteiger partial charge in [0, 0.05) is 6.42 Å². The molecular formula is C17H18O2. The number of hydrogen-bond donors (Lipinski definition) is 1. The zero-order chi connectivity index (χ0) is 13.1. The number of hydrogen-bond acceptors (Lipinski definition) is 2. The second-order valence-corrected chi connectivity index (χ2v) is 5.06. The van der Waals surface area contributed by atoms with E-state index in [1.807, 2.05) is 36.4 Å². The second kappa shape index (κ2) is 5.45. The van der Waals surface area contributed by atoms with Crippen LogP contribution in [-0.4, -0.2) is 17.3 Å². The van der Waals surface area contributed by atoms with Crippen LogP contribution in [0.1, 0.15) is 17.5 Å². The average molecular weight is 254 g/mol. The molecule has 2 unspecified atom stereocenters. The van der Waals surface area contributed by atoms with Crippen LogP contribution in [0, 0.1) is 0 Å². The first-order chi connectivity index (χ1) is 9.33. The number of aliphatic hydroxyl groups excluding tert-OH is 1. The molecule has 2 atom stereocenters. The van der Waals surface area contributed by atoms with E-state index in [9.17, 15) is 5.11 Å². The third kappa shape index (κ3) is 2.79. The van der Waals surface area contributed by atoms with Gasteiger partial charge in [0.2, 0.25) is 0 Å². The largest absolute Gasteiger partial charge is 0.487 e. The maximum absolute atomic E-state index is 10.3. The maximum Gasteiger partial charge on any atom is 0.129 e. The van der Waals surface area contributed by atoms with Gasteiger partial charge in [-0.25, -0.2) is 0 Å². The molecule has 0 radical (unpaired) electrons.